The van der Waals surface area contributed by atoms with Crippen molar-refractivity contribution in [3.8, 4) is 0 Å². The summed E-state index contributed by atoms with van der Waals surface area (Å²) in [7, 11) is 0. The molecule has 0 aliphatic carbocycles. The number of halogens is 2. The summed E-state index contributed by atoms with van der Waals surface area (Å²) >= 11 is 5.84. The van der Waals surface area contributed by atoms with Gasteiger partial charge < -0.3 is 11.1 Å². The third-order valence-corrected chi connectivity index (χ3v) is 4.19. The molecule has 7 nitrogen and oxygen atoms in total. The summed E-state index contributed by atoms with van der Waals surface area (Å²) in [6.45, 7) is 2.74. The van der Waals surface area contributed by atoms with Gasteiger partial charge in [0.2, 0.25) is 5.91 Å². The number of nitrogens with two attached hydrogens (primary N) is 1. The maximum atomic E-state index is 12.1. The number of hydrogen-bond acceptors (Lipinski definition) is 5. The molecular weight excluding hydrogens is 355 g/mol. The normalized spacial score (nSPS) is 17.8. The molecular formula is C15H22Cl2N4O3. The van der Waals surface area contributed by atoms with Crippen LogP contribution in [0.1, 0.15) is 18.4 Å². The minimum absolute atomic E-state index is 0. The highest BCUT2D eigenvalue weighted by molar-refractivity contribution is 6.30. The molecule has 1 unspecified atom stereocenters. The Morgan fingerprint density at radius 1 is 1.50 bits per heavy atom. The molecule has 9 heteroatoms. The molecule has 1 aliphatic heterocycles. The van der Waals surface area contributed by atoms with E-state index in [4.69, 9.17) is 17.3 Å². The van der Waals surface area contributed by atoms with E-state index < -0.39 is 4.92 Å². The standard InChI is InChI=1S/C15H21ClN4O3.ClH/c16-13-4-3-11(14(8-13)20(22)23)9-19-7-1-2-12(10-19)15(21)18-6-5-17;/h3-4,8,12H,1-2,5-7,9-10,17H2,(H,18,21);1H. The molecule has 2 rings (SSSR count). The number of nitrogens with one attached hydrogen (secondary N) is 1. The smallest absolute Gasteiger partial charge is 0.275 e. The Morgan fingerprint density at radius 2 is 2.25 bits per heavy atom. The SMILES string of the molecule is Cl.NCCNC(=O)C1CCCN(Cc2ccc(Cl)cc2[N+](=O)[O-])C1. The van der Waals surface area contributed by atoms with E-state index in [1.165, 1.54) is 6.07 Å². The van der Waals surface area contributed by atoms with Crippen LogP contribution in [0.25, 0.3) is 0 Å². The number of carbonyl (C=O) groups excluding carboxylic acids is 1. The van der Waals surface area contributed by atoms with E-state index in [1.807, 2.05) is 0 Å². The molecule has 1 atom stereocenters. The Kier molecular flexibility index (Phi) is 8.41. The largest absolute Gasteiger partial charge is 0.355 e. The molecule has 1 aromatic rings. The Balaban J connectivity index is 0.00000288. The average Bonchev–Trinajstić information content (AvgIpc) is 2.54. The van der Waals surface area contributed by atoms with Gasteiger partial charge in [-0.15, -0.1) is 12.4 Å². The molecule has 24 heavy (non-hydrogen) atoms. The molecule has 1 amide bonds. The summed E-state index contributed by atoms with van der Waals surface area (Å²) in [5.74, 6) is -0.0904. The number of nitro benzene ring substituents is 1. The molecule has 1 saturated heterocycles. The zero-order valence-corrected chi connectivity index (χ0v) is 14.8. The predicted octanol–water partition coefficient (Wildman–Crippen LogP) is 1.96. The Hall–Kier alpha value is -1.41. The van der Waals surface area contributed by atoms with Crippen LogP contribution < -0.4 is 11.1 Å². The molecule has 1 fully saturated rings. The molecule has 0 spiro atoms. The summed E-state index contributed by atoms with van der Waals surface area (Å²) in [6, 6.07) is 4.70. The third kappa shape index (κ3) is 5.59. The van der Waals surface area contributed by atoms with Gasteiger partial charge in [-0.05, 0) is 31.5 Å². The average molecular weight is 377 g/mol. The molecule has 0 saturated carbocycles. The number of nitro groups is 1. The molecule has 1 aliphatic rings. The first-order valence-corrected chi connectivity index (χ1v) is 8.02. The van der Waals surface area contributed by atoms with Crippen molar-refractivity contribution < 1.29 is 9.72 Å². The van der Waals surface area contributed by atoms with Crippen LogP contribution in [-0.4, -0.2) is 41.9 Å². The van der Waals surface area contributed by atoms with Crippen molar-refractivity contribution >= 4 is 35.6 Å². The van der Waals surface area contributed by atoms with E-state index >= 15 is 0 Å². The second-order valence-corrected chi connectivity index (χ2v) is 6.12. The first-order chi connectivity index (χ1) is 11.0. The van der Waals surface area contributed by atoms with Crippen molar-refractivity contribution in [1.82, 2.24) is 10.2 Å². The molecule has 134 valence electrons. The first kappa shape index (κ1) is 20.6. The van der Waals surface area contributed by atoms with E-state index in [0.29, 0.717) is 36.8 Å². The Bertz CT molecular complexity index is 586. The van der Waals surface area contributed by atoms with Gasteiger partial charge in [-0.2, -0.15) is 0 Å². The number of nitrogens with zero attached hydrogens (tertiary/aromatic N) is 2. The maximum absolute atomic E-state index is 12.1. The third-order valence-electron chi connectivity index (χ3n) is 3.96. The molecule has 1 aromatic carbocycles. The van der Waals surface area contributed by atoms with Crippen molar-refractivity contribution in [2.24, 2.45) is 11.7 Å². The van der Waals surface area contributed by atoms with Crippen LogP contribution in [0.3, 0.4) is 0 Å². The quantitative estimate of drug-likeness (QED) is 0.583. The van der Waals surface area contributed by atoms with Crippen molar-refractivity contribution in [3.05, 3.63) is 38.9 Å². The van der Waals surface area contributed by atoms with Crippen LogP contribution in [0.15, 0.2) is 18.2 Å². The molecule has 0 bridgehead atoms. The zero-order valence-electron chi connectivity index (χ0n) is 13.2. The molecule has 3 N–H and O–H groups in total. The summed E-state index contributed by atoms with van der Waals surface area (Å²) < 4.78 is 0. The number of benzene rings is 1. The minimum atomic E-state index is -0.420. The second-order valence-electron chi connectivity index (χ2n) is 5.68. The summed E-state index contributed by atoms with van der Waals surface area (Å²) in [5, 5.41) is 14.3. The summed E-state index contributed by atoms with van der Waals surface area (Å²) in [4.78, 5) is 24.9. The van der Waals surface area contributed by atoms with Crippen LogP contribution in [0, 0.1) is 16.0 Å². The number of amides is 1. The lowest BCUT2D eigenvalue weighted by molar-refractivity contribution is -0.385. The van der Waals surface area contributed by atoms with Crippen LogP contribution in [0.2, 0.25) is 5.02 Å². The van der Waals surface area contributed by atoms with Gasteiger partial charge in [0.15, 0.2) is 0 Å². The van der Waals surface area contributed by atoms with Gasteiger partial charge in [-0.3, -0.25) is 19.8 Å². The Morgan fingerprint density at radius 3 is 2.92 bits per heavy atom. The van der Waals surface area contributed by atoms with E-state index in [2.05, 4.69) is 10.2 Å². The summed E-state index contributed by atoms with van der Waals surface area (Å²) in [5.41, 5.74) is 6.03. The van der Waals surface area contributed by atoms with Crippen LogP contribution in [0.5, 0.6) is 0 Å². The molecule has 0 radical (unpaired) electrons. The number of piperidine rings is 1. The van der Waals surface area contributed by atoms with Gasteiger partial charge in [-0.25, -0.2) is 0 Å². The number of rotatable bonds is 6. The highest BCUT2D eigenvalue weighted by Crippen LogP contribution is 2.26. The predicted molar refractivity (Wildman–Crippen MR) is 95.4 cm³/mol. The van der Waals surface area contributed by atoms with Crippen molar-refractivity contribution in [2.45, 2.75) is 19.4 Å². The topological polar surface area (TPSA) is 102 Å². The van der Waals surface area contributed by atoms with Crippen molar-refractivity contribution in [2.75, 3.05) is 26.2 Å². The van der Waals surface area contributed by atoms with Gasteiger partial charge in [-0.1, -0.05) is 11.6 Å². The van der Waals surface area contributed by atoms with Gasteiger partial charge >= 0.3 is 0 Å². The lowest BCUT2D eigenvalue weighted by atomic mass is 9.96. The maximum Gasteiger partial charge on any atom is 0.275 e. The monoisotopic (exact) mass is 376 g/mol. The minimum Gasteiger partial charge on any atom is -0.355 e. The highest BCUT2D eigenvalue weighted by atomic mass is 35.5. The highest BCUT2D eigenvalue weighted by Gasteiger charge is 2.27. The fourth-order valence-electron chi connectivity index (χ4n) is 2.83. The van der Waals surface area contributed by atoms with E-state index in [-0.39, 0.29) is 29.9 Å². The fraction of sp³-hybridized carbons (Fsp3) is 0.533. The van der Waals surface area contributed by atoms with Gasteiger partial charge in [0.1, 0.15) is 0 Å². The van der Waals surface area contributed by atoms with E-state index in [9.17, 15) is 14.9 Å². The number of likely N-dealkylation sites (tertiary alicyclic amines) is 1. The first-order valence-electron chi connectivity index (χ1n) is 7.64. The Labute approximate surface area is 152 Å². The van der Waals surface area contributed by atoms with Gasteiger partial charge in [0.25, 0.3) is 5.69 Å². The fourth-order valence-corrected chi connectivity index (χ4v) is 3.00. The lowest BCUT2D eigenvalue weighted by Crippen LogP contribution is -2.43. The van der Waals surface area contributed by atoms with Crippen LogP contribution in [0.4, 0.5) is 5.69 Å². The van der Waals surface area contributed by atoms with E-state index in [1.54, 1.807) is 12.1 Å². The molecule has 1 heterocycles. The second kappa shape index (κ2) is 9.78. The van der Waals surface area contributed by atoms with Crippen LogP contribution >= 0.6 is 24.0 Å². The number of hydrogen-bond donors (Lipinski definition) is 2. The lowest BCUT2D eigenvalue weighted by Gasteiger charge is -2.31. The van der Waals surface area contributed by atoms with E-state index in [0.717, 1.165) is 19.4 Å². The van der Waals surface area contributed by atoms with Crippen LogP contribution in [-0.2, 0) is 11.3 Å². The van der Waals surface area contributed by atoms with Gasteiger partial charge in [0.05, 0.1) is 10.8 Å². The summed E-state index contributed by atoms with van der Waals surface area (Å²) in [6.07, 6.45) is 1.72. The van der Waals surface area contributed by atoms with Gasteiger partial charge in [0, 0.05) is 42.8 Å². The number of carbonyl (C=O) groups is 1. The molecule has 0 aromatic heterocycles. The van der Waals surface area contributed by atoms with Crippen molar-refractivity contribution in [3.63, 3.8) is 0 Å². The van der Waals surface area contributed by atoms with Crippen molar-refractivity contribution in [1.29, 1.82) is 0 Å². The zero-order chi connectivity index (χ0) is 16.8.